The number of nitrogens with two attached hydrogens (primary N) is 1. The van der Waals surface area contributed by atoms with Gasteiger partial charge in [-0.05, 0) is 25.0 Å². The highest BCUT2D eigenvalue weighted by Gasteiger charge is 2.15. The van der Waals surface area contributed by atoms with Gasteiger partial charge in [-0.2, -0.15) is 0 Å². The fourth-order valence-corrected chi connectivity index (χ4v) is 2.90. The summed E-state index contributed by atoms with van der Waals surface area (Å²) in [5.41, 5.74) is 7.77. The van der Waals surface area contributed by atoms with Crippen molar-refractivity contribution < 1.29 is 4.79 Å². The van der Waals surface area contributed by atoms with Gasteiger partial charge in [0.2, 0.25) is 0 Å². The van der Waals surface area contributed by atoms with Gasteiger partial charge in [-0.3, -0.25) is 4.79 Å². The van der Waals surface area contributed by atoms with E-state index in [2.05, 4.69) is 18.0 Å². The minimum absolute atomic E-state index is 0.104. The van der Waals surface area contributed by atoms with Gasteiger partial charge in [0.25, 0.3) is 5.91 Å². The fraction of sp³-hybridized carbons (Fsp3) is 0.214. The van der Waals surface area contributed by atoms with Gasteiger partial charge >= 0.3 is 0 Å². The van der Waals surface area contributed by atoms with Crippen LogP contribution in [0.25, 0.3) is 10.1 Å². The third-order valence-corrected chi connectivity index (χ3v) is 3.89. The second kappa shape index (κ2) is 5.23. The lowest BCUT2D eigenvalue weighted by atomic mass is 10.1. The predicted molar refractivity (Wildman–Crippen MR) is 78.1 cm³/mol. The summed E-state index contributed by atoms with van der Waals surface area (Å²) in [7, 11) is 0. The smallest absolute Gasteiger partial charge is 0.263 e. The van der Waals surface area contributed by atoms with E-state index in [0.717, 1.165) is 16.5 Å². The Hall–Kier alpha value is -1.81. The summed E-state index contributed by atoms with van der Waals surface area (Å²) in [6, 6.07) is 6.03. The second-order valence-corrected chi connectivity index (χ2v) is 5.23. The van der Waals surface area contributed by atoms with Crippen molar-refractivity contribution in [3.8, 4) is 0 Å². The maximum atomic E-state index is 12.0. The summed E-state index contributed by atoms with van der Waals surface area (Å²) < 4.78 is 1.06. The van der Waals surface area contributed by atoms with Crippen LogP contribution in [-0.2, 0) is 0 Å². The Kier molecular flexibility index (Phi) is 3.67. The normalized spacial score (nSPS) is 10.5. The molecule has 18 heavy (non-hydrogen) atoms. The van der Waals surface area contributed by atoms with Crippen LogP contribution in [0.4, 0.5) is 5.69 Å². The zero-order chi connectivity index (χ0) is 13.1. The first-order chi connectivity index (χ1) is 8.63. The van der Waals surface area contributed by atoms with Gasteiger partial charge in [-0.15, -0.1) is 17.9 Å². The van der Waals surface area contributed by atoms with Gasteiger partial charge < -0.3 is 11.1 Å². The molecule has 1 heterocycles. The number of hydrogen-bond acceptors (Lipinski definition) is 3. The van der Waals surface area contributed by atoms with Crippen LogP contribution < -0.4 is 11.1 Å². The SMILES string of the molecule is C=CCCNC(=O)c1sc2cc(C)ccc2c1N. The number of fused-ring (bicyclic) bond motifs is 1. The van der Waals surface area contributed by atoms with Crippen LogP contribution >= 0.6 is 11.3 Å². The molecular weight excluding hydrogens is 244 g/mol. The van der Waals surface area contributed by atoms with Gasteiger partial charge in [-0.1, -0.05) is 18.2 Å². The quantitative estimate of drug-likeness (QED) is 0.655. The number of carbonyl (C=O) groups is 1. The average Bonchev–Trinajstić information content (AvgIpc) is 2.66. The molecule has 0 aliphatic carbocycles. The van der Waals surface area contributed by atoms with Crippen LogP contribution in [0.5, 0.6) is 0 Å². The molecule has 0 saturated heterocycles. The lowest BCUT2D eigenvalue weighted by Crippen LogP contribution is -2.23. The molecule has 4 heteroatoms. The molecule has 1 aromatic carbocycles. The Morgan fingerprint density at radius 3 is 3.06 bits per heavy atom. The Morgan fingerprint density at radius 2 is 2.33 bits per heavy atom. The van der Waals surface area contributed by atoms with Gasteiger partial charge in [0.1, 0.15) is 4.88 Å². The van der Waals surface area contributed by atoms with E-state index < -0.39 is 0 Å². The number of nitrogen functional groups attached to an aromatic ring is 1. The molecule has 0 spiro atoms. The van der Waals surface area contributed by atoms with Crippen molar-refractivity contribution in [1.82, 2.24) is 5.32 Å². The van der Waals surface area contributed by atoms with Gasteiger partial charge in [-0.25, -0.2) is 0 Å². The summed E-state index contributed by atoms with van der Waals surface area (Å²) in [6.45, 7) is 6.24. The van der Waals surface area contributed by atoms with Crippen LogP contribution in [0.1, 0.15) is 21.7 Å². The van der Waals surface area contributed by atoms with Crippen molar-refractivity contribution in [1.29, 1.82) is 0 Å². The number of amides is 1. The molecule has 0 radical (unpaired) electrons. The first-order valence-corrected chi connectivity index (χ1v) is 6.63. The monoisotopic (exact) mass is 260 g/mol. The maximum absolute atomic E-state index is 12.0. The summed E-state index contributed by atoms with van der Waals surface area (Å²) in [5, 5.41) is 3.79. The number of anilines is 1. The maximum Gasteiger partial charge on any atom is 0.263 e. The van der Waals surface area contributed by atoms with Crippen LogP contribution in [-0.4, -0.2) is 12.5 Å². The van der Waals surface area contributed by atoms with Crippen molar-refractivity contribution in [3.05, 3.63) is 41.3 Å². The van der Waals surface area contributed by atoms with Gasteiger partial charge in [0.15, 0.2) is 0 Å². The van der Waals surface area contributed by atoms with Crippen LogP contribution in [0, 0.1) is 6.92 Å². The molecule has 2 rings (SSSR count). The molecule has 0 bridgehead atoms. The third-order valence-electron chi connectivity index (χ3n) is 2.72. The molecule has 0 unspecified atom stereocenters. The molecule has 0 aliphatic rings. The molecule has 1 amide bonds. The lowest BCUT2D eigenvalue weighted by molar-refractivity contribution is 0.0959. The number of rotatable bonds is 4. The topological polar surface area (TPSA) is 55.1 Å². The Labute approximate surface area is 110 Å². The molecule has 2 aromatic rings. The fourth-order valence-electron chi connectivity index (χ4n) is 1.76. The minimum atomic E-state index is -0.104. The zero-order valence-corrected chi connectivity index (χ0v) is 11.1. The van der Waals surface area contributed by atoms with E-state index in [1.54, 1.807) is 6.08 Å². The van der Waals surface area contributed by atoms with E-state index in [4.69, 9.17) is 5.73 Å². The highest BCUT2D eigenvalue weighted by Crippen LogP contribution is 2.33. The van der Waals surface area contributed by atoms with Crippen LogP contribution in [0.15, 0.2) is 30.9 Å². The van der Waals surface area contributed by atoms with Gasteiger partial charge in [0.05, 0.1) is 5.69 Å². The summed E-state index contributed by atoms with van der Waals surface area (Å²) in [4.78, 5) is 12.6. The Bertz CT molecular complexity index is 601. The van der Waals surface area contributed by atoms with E-state index in [9.17, 15) is 4.79 Å². The minimum Gasteiger partial charge on any atom is -0.397 e. The molecule has 0 fully saturated rings. The summed E-state index contributed by atoms with van der Waals surface area (Å²) >= 11 is 1.44. The third kappa shape index (κ3) is 2.38. The van der Waals surface area contributed by atoms with Crippen molar-refractivity contribution in [2.75, 3.05) is 12.3 Å². The Morgan fingerprint density at radius 1 is 1.56 bits per heavy atom. The van der Waals surface area contributed by atoms with E-state index in [1.807, 2.05) is 19.1 Å². The molecule has 1 aromatic heterocycles. The van der Waals surface area contributed by atoms with Crippen LogP contribution in [0.3, 0.4) is 0 Å². The molecule has 0 aliphatic heterocycles. The van der Waals surface area contributed by atoms with Crippen molar-refractivity contribution >= 4 is 33.0 Å². The Balaban J connectivity index is 2.30. The van der Waals surface area contributed by atoms with Crippen molar-refractivity contribution in [2.45, 2.75) is 13.3 Å². The van der Waals surface area contributed by atoms with Crippen molar-refractivity contribution in [2.24, 2.45) is 0 Å². The number of nitrogens with one attached hydrogen (secondary N) is 1. The summed E-state index contributed by atoms with van der Waals surface area (Å²) in [5.74, 6) is -0.104. The average molecular weight is 260 g/mol. The molecular formula is C14H16N2OS. The number of carbonyl (C=O) groups excluding carboxylic acids is 1. The first kappa shape index (κ1) is 12.6. The highest BCUT2D eigenvalue weighted by atomic mass is 32.1. The number of hydrogen-bond donors (Lipinski definition) is 2. The standard InChI is InChI=1S/C14H16N2OS/c1-3-4-7-16-14(17)13-12(15)10-6-5-9(2)8-11(10)18-13/h3,5-6,8H,1,4,7,15H2,2H3,(H,16,17). The first-order valence-electron chi connectivity index (χ1n) is 5.81. The van der Waals surface area contributed by atoms with E-state index in [0.29, 0.717) is 17.1 Å². The molecule has 94 valence electrons. The molecule has 0 saturated carbocycles. The molecule has 0 atom stereocenters. The summed E-state index contributed by atoms with van der Waals surface area (Å²) in [6.07, 6.45) is 2.54. The number of aryl methyl sites for hydroxylation is 1. The van der Waals surface area contributed by atoms with E-state index in [-0.39, 0.29) is 5.91 Å². The van der Waals surface area contributed by atoms with E-state index in [1.165, 1.54) is 16.9 Å². The highest BCUT2D eigenvalue weighted by molar-refractivity contribution is 7.21. The number of thiophene rings is 1. The largest absolute Gasteiger partial charge is 0.397 e. The van der Waals surface area contributed by atoms with Gasteiger partial charge in [0, 0.05) is 16.6 Å². The second-order valence-electron chi connectivity index (χ2n) is 4.18. The number of benzene rings is 1. The molecule has 3 N–H and O–H groups in total. The molecule has 3 nitrogen and oxygen atoms in total. The van der Waals surface area contributed by atoms with Crippen molar-refractivity contribution in [3.63, 3.8) is 0 Å². The predicted octanol–water partition coefficient (Wildman–Crippen LogP) is 3.10. The van der Waals surface area contributed by atoms with E-state index >= 15 is 0 Å². The van der Waals surface area contributed by atoms with Crippen LogP contribution in [0.2, 0.25) is 0 Å². The lowest BCUT2D eigenvalue weighted by Gasteiger charge is -2.01. The zero-order valence-electron chi connectivity index (χ0n) is 10.3.